The van der Waals surface area contributed by atoms with Gasteiger partial charge in [-0.3, -0.25) is 0 Å². The van der Waals surface area contributed by atoms with E-state index < -0.39 is 0 Å². The van der Waals surface area contributed by atoms with Crippen molar-refractivity contribution in [3.05, 3.63) is 60.4 Å². The molecule has 2 N–H and O–H groups in total. The molecule has 0 bridgehead atoms. The van der Waals surface area contributed by atoms with E-state index >= 15 is 0 Å². The molecule has 2 aromatic heterocycles. The van der Waals surface area contributed by atoms with Gasteiger partial charge in [-0.05, 0) is 18.2 Å². The Hall–Kier alpha value is -2.20. The van der Waals surface area contributed by atoms with Crippen LogP contribution in [0, 0.1) is 5.82 Å². The van der Waals surface area contributed by atoms with Gasteiger partial charge in [-0.25, -0.2) is 9.37 Å². The van der Waals surface area contributed by atoms with Crippen LogP contribution in [0.5, 0.6) is 0 Å². The van der Waals surface area contributed by atoms with Crippen molar-refractivity contribution < 1.29 is 4.39 Å². The summed E-state index contributed by atoms with van der Waals surface area (Å²) in [6, 6.07) is 10.6. The van der Waals surface area contributed by atoms with Crippen LogP contribution in [0.4, 0.5) is 4.39 Å². The quantitative estimate of drug-likeness (QED) is 0.749. The van der Waals surface area contributed by atoms with E-state index in [1.54, 1.807) is 18.5 Å². The van der Waals surface area contributed by atoms with Crippen LogP contribution in [-0.2, 0) is 6.54 Å². The lowest BCUT2D eigenvalue weighted by Gasteiger charge is -1.97. The second-order valence-electron chi connectivity index (χ2n) is 4.13. The van der Waals surface area contributed by atoms with Gasteiger partial charge in [0.2, 0.25) is 0 Å². The number of fused-ring (bicyclic) bond motifs is 1. The summed E-state index contributed by atoms with van der Waals surface area (Å²) in [5.41, 5.74) is 8.76. The second-order valence-corrected chi connectivity index (χ2v) is 4.13. The SMILES string of the molecule is NCc1cc2cc(-c3ccccc3F)cn2cn1. The van der Waals surface area contributed by atoms with Gasteiger partial charge >= 0.3 is 0 Å². The van der Waals surface area contributed by atoms with E-state index in [4.69, 9.17) is 5.73 Å². The molecule has 0 saturated heterocycles. The zero-order valence-corrected chi connectivity index (χ0v) is 9.68. The van der Waals surface area contributed by atoms with Crippen LogP contribution in [0.1, 0.15) is 5.69 Å². The van der Waals surface area contributed by atoms with Crippen molar-refractivity contribution >= 4 is 5.52 Å². The summed E-state index contributed by atoms with van der Waals surface area (Å²) in [5, 5.41) is 0. The lowest BCUT2D eigenvalue weighted by Crippen LogP contribution is -2.00. The predicted molar refractivity (Wildman–Crippen MR) is 68.5 cm³/mol. The van der Waals surface area contributed by atoms with Gasteiger partial charge < -0.3 is 10.1 Å². The summed E-state index contributed by atoms with van der Waals surface area (Å²) in [6.07, 6.45) is 3.56. The number of benzene rings is 1. The minimum absolute atomic E-state index is 0.222. The van der Waals surface area contributed by atoms with E-state index in [0.717, 1.165) is 16.8 Å². The first-order valence-corrected chi connectivity index (χ1v) is 5.69. The van der Waals surface area contributed by atoms with Gasteiger partial charge in [-0.15, -0.1) is 0 Å². The number of halogens is 1. The van der Waals surface area contributed by atoms with Crippen LogP contribution in [0.2, 0.25) is 0 Å². The monoisotopic (exact) mass is 241 g/mol. The number of hydrogen-bond donors (Lipinski definition) is 1. The van der Waals surface area contributed by atoms with Crippen molar-refractivity contribution in [2.75, 3.05) is 0 Å². The highest BCUT2D eigenvalue weighted by Crippen LogP contribution is 2.25. The minimum Gasteiger partial charge on any atom is -0.325 e. The van der Waals surface area contributed by atoms with Gasteiger partial charge in [0, 0.05) is 29.4 Å². The Labute approximate surface area is 104 Å². The molecule has 0 atom stereocenters. The van der Waals surface area contributed by atoms with Gasteiger partial charge in [0.1, 0.15) is 5.82 Å². The number of nitrogens with two attached hydrogens (primary N) is 1. The fourth-order valence-corrected chi connectivity index (χ4v) is 2.01. The van der Waals surface area contributed by atoms with Gasteiger partial charge in [0.15, 0.2) is 0 Å². The van der Waals surface area contributed by atoms with Crippen molar-refractivity contribution in [3.8, 4) is 11.1 Å². The van der Waals surface area contributed by atoms with Crippen molar-refractivity contribution in [2.45, 2.75) is 6.54 Å². The van der Waals surface area contributed by atoms with Crippen LogP contribution in [0.25, 0.3) is 16.6 Å². The van der Waals surface area contributed by atoms with Gasteiger partial charge in [0.25, 0.3) is 0 Å². The average Bonchev–Trinajstić information content (AvgIpc) is 2.81. The molecule has 18 heavy (non-hydrogen) atoms. The maximum atomic E-state index is 13.7. The van der Waals surface area contributed by atoms with Crippen molar-refractivity contribution in [2.24, 2.45) is 5.73 Å². The summed E-state index contributed by atoms with van der Waals surface area (Å²) < 4.78 is 15.6. The summed E-state index contributed by atoms with van der Waals surface area (Å²) in [5.74, 6) is -0.222. The van der Waals surface area contributed by atoms with Crippen molar-refractivity contribution in [1.82, 2.24) is 9.38 Å². The minimum atomic E-state index is -0.222. The molecule has 3 rings (SSSR count). The fourth-order valence-electron chi connectivity index (χ4n) is 2.01. The van der Waals surface area contributed by atoms with Crippen molar-refractivity contribution in [3.63, 3.8) is 0 Å². The Morgan fingerprint density at radius 2 is 2.06 bits per heavy atom. The average molecular weight is 241 g/mol. The van der Waals surface area contributed by atoms with Crippen LogP contribution < -0.4 is 5.73 Å². The third-order valence-electron chi connectivity index (χ3n) is 2.94. The second kappa shape index (κ2) is 4.23. The molecule has 0 radical (unpaired) electrons. The van der Waals surface area contributed by atoms with Crippen LogP contribution in [-0.4, -0.2) is 9.38 Å². The Morgan fingerprint density at radius 1 is 1.22 bits per heavy atom. The lowest BCUT2D eigenvalue weighted by molar-refractivity contribution is 0.631. The Morgan fingerprint density at radius 3 is 2.83 bits per heavy atom. The number of nitrogens with zero attached hydrogens (tertiary/aromatic N) is 2. The number of rotatable bonds is 2. The van der Waals surface area contributed by atoms with E-state index in [9.17, 15) is 4.39 Å². The third kappa shape index (κ3) is 1.76. The summed E-state index contributed by atoms with van der Waals surface area (Å²) in [7, 11) is 0. The molecule has 2 heterocycles. The molecule has 0 spiro atoms. The standard InChI is InChI=1S/C14H12FN3/c15-14-4-2-1-3-13(14)10-5-12-6-11(7-16)17-9-18(12)8-10/h1-6,8-9H,7,16H2. The maximum absolute atomic E-state index is 13.7. The topological polar surface area (TPSA) is 43.3 Å². The summed E-state index contributed by atoms with van der Waals surface area (Å²) in [4.78, 5) is 4.20. The van der Waals surface area contributed by atoms with Crippen LogP contribution in [0.3, 0.4) is 0 Å². The van der Waals surface area contributed by atoms with Gasteiger partial charge in [-0.2, -0.15) is 0 Å². The number of aromatic nitrogens is 2. The highest BCUT2D eigenvalue weighted by molar-refractivity contribution is 5.70. The third-order valence-corrected chi connectivity index (χ3v) is 2.94. The molecule has 0 saturated carbocycles. The molecule has 90 valence electrons. The Kier molecular flexibility index (Phi) is 2.57. The molecule has 0 aliphatic rings. The lowest BCUT2D eigenvalue weighted by atomic mass is 10.1. The first-order valence-electron chi connectivity index (χ1n) is 5.69. The van der Waals surface area contributed by atoms with Gasteiger partial charge in [0.05, 0.1) is 12.0 Å². The summed E-state index contributed by atoms with van der Waals surface area (Å²) in [6.45, 7) is 0.400. The molecular formula is C14H12FN3. The maximum Gasteiger partial charge on any atom is 0.131 e. The molecule has 1 aromatic carbocycles. The van der Waals surface area contributed by atoms with Crippen LogP contribution in [0.15, 0.2) is 48.9 Å². The van der Waals surface area contributed by atoms with Crippen molar-refractivity contribution in [1.29, 1.82) is 0 Å². The molecule has 0 aliphatic carbocycles. The molecule has 0 fully saturated rings. The van der Waals surface area contributed by atoms with Crippen LogP contribution >= 0.6 is 0 Å². The molecule has 0 amide bonds. The van der Waals surface area contributed by atoms with E-state index in [2.05, 4.69) is 4.98 Å². The first-order chi connectivity index (χ1) is 8.78. The Balaban J connectivity index is 2.17. The summed E-state index contributed by atoms with van der Waals surface area (Å²) >= 11 is 0. The van der Waals surface area contributed by atoms with E-state index in [-0.39, 0.29) is 5.82 Å². The molecule has 3 aromatic rings. The molecule has 4 heteroatoms. The number of hydrogen-bond acceptors (Lipinski definition) is 2. The first kappa shape index (κ1) is 10.9. The molecule has 0 unspecified atom stereocenters. The Bertz CT molecular complexity index is 703. The smallest absolute Gasteiger partial charge is 0.131 e. The molecule has 0 aliphatic heterocycles. The predicted octanol–water partition coefficient (Wildman–Crippen LogP) is 2.60. The highest BCUT2D eigenvalue weighted by Gasteiger charge is 2.07. The highest BCUT2D eigenvalue weighted by atomic mass is 19.1. The zero-order chi connectivity index (χ0) is 12.5. The van der Waals surface area contributed by atoms with E-state index in [1.165, 1.54) is 6.07 Å². The molecular weight excluding hydrogens is 229 g/mol. The fraction of sp³-hybridized carbons (Fsp3) is 0.0714. The van der Waals surface area contributed by atoms with E-state index in [1.807, 2.05) is 28.8 Å². The normalized spacial score (nSPS) is 11.0. The van der Waals surface area contributed by atoms with E-state index in [0.29, 0.717) is 12.1 Å². The zero-order valence-electron chi connectivity index (χ0n) is 9.68. The molecule has 3 nitrogen and oxygen atoms in total. The largest absolute Gasteiger partial charge is 0.325 e. The van der Waals surface area contributed by atoms with Gasteiger partial charge in [-0.1, -0.05) is 18.2 Å².